The van der Waals surface area contributed by atoms with E-state index in [2.05, 4.69) is 29.2 Å². The van der Waals surface area contributed by atoms with Gasteiger partial charge in [0.2, 0.25) is 5.91 Å². The molecular formula is C23H29N3O3S2. The summed E-state index contributed by atoms with van der Waals surface area (Å²) in [6.45, 7) is 4.95. The Morgan fingerprint density at radius 2 is 1.68 bits per heavy atom. The van der Waals surface area contributed by atoms with E-state index in [1.807, 2.05) is 23.1 Å². The number of thiophene rings is 1. The number of benzene rings is 1. The minimum atomic E-state index is -3.42. The SMILES string of the molecule is O=C(C1CCN(S(=O)(=O)c2cccs2)CC1)N1CCN(CC=Cc2ccccc2)CC1. The van der Waals surface area contributed by atoms with Gasteiger partial charge in [0.15, 0.2) is 0 Å². The van der Waals surface area contributed by atoms with Gasteiger partial charge in [0, 0.05) is 51.7 Å². The van der Waals surface area contributed by atoms with E-state index >= 15 is 0 Å². The Hall–Kier alpha value is -2.00. The predicted octanol–water partition coefficient (Wildman–Crippen LogP) is 3.01. The first kappa shape index (κ1) is 22.2. The second kappa shape index (κ2) is 10.1. The molecule has 2 aromatic rings. The summed E-state index contributed by atoms with van der Waals surface area (Å²) >= 11 is 1.24. The molecule has 0 bridgehead atoms. The van der Waals surface area contributed by atoms with Crippen LogP contribution in [0.15, 0.2) is 58.1 Å². The highest BCUT2D eigenvalue weighted by Gasteiger charge is 2.34. The van der Waals surface area contributed by atoms with Gasteiger partial charge in [-0.2, -0.15) is 4.31 Å². The molecule has 0 atom stereocenters. The molecular weight excluding hydrogens is 430 g/mol. The number of carbonyl (C=O) groups excluding carboxylic acids is 1. The summed E-state index contributed by atoms with van der Waals surface area (Å²) in [6, 6.07) is 13.7. The zero-order valence-electron chi connectivity index (χ0n) is 17.6. The summed E-state index contributed by atoms with van der Waals surface area (Å²) in [7, 11) is -3.42. The van der Waals surface area contributed by atoms with Crippen molar-refractivity contribution in [2.45, 2.75) is 17.1 Å². The zero-order chi connectivity index (χ0) is 21.7. The third-order valence-corrected chi connectivity index (χ3v) is 9.32. The Bertz CT molecular complexity index is 974. The number of hydrogen-bond acceptors (Lipinski definition) is 5. The van der Waals surface area contributed by atoms with Gasteiger partial charge in [-0.1, -0.05) is 48.6 Å². The summed E-state index contributed by atoms with van der Waals surface area (Å²) in [4.78, 5) is 17.3. The number of nitrogens with zero attached hydrogens (tertiary/aromatic N) is 3. The van der Waals surface area contributed by atoms with Crippen LogP contribution in [0, 0.1) is 5.92 Å². The lowest BCUT2D eigenvalue weighted by atomic mass is 9.96. The van der Waals surface area contributed by atoms with Crippen LogP contribution in [0.3, 0.4) is 0 Å². The van der Waals surface area contributed by atoms with E-state index in [-0.39, 0.29) is 11.8 Å². The number of rotatable bonds is 6. The van der Waals surface area contributed by atoms with E-state index in [1.54, 1.807) is 17.5 Å². The molecule has 1 aromatic heterocycles. The molecule has 1 amide bonds. The maximum absolute atomic E-state index is 13.0. The van der Waals surface area contributed by atoms with Crippen LogP contribution >= 0.6 is 11.3 Å². The Morgan fingerprint density at radius 1 is 0.968 bits per heavy atom. The van der Waals surface area contributed by atoms with Crippen LogP contribution in [-0.4, -0.2) is 74.2 Å². The average Bonchev–Trinajstić information content (AvgIpc) is 3.36. The van der Waals surface area contributed by atoms with E-state index in [1.165, 1.54) is 21.2 Å². The van der Waals surface area contributed by atoms with Crippen molar-refractivity contribution in [2.24, 2.45) is 5.92 Å². The molecule has 0 aliphatic carbocycles. The molecule has 2 saturated heterocycles. The number of sulfonamides is 1. The quantitative estimate of drug-likeness (QED) is 0.666. The fraction of sp³-hybridized carbons (Fsp3) is 0.435. The van der Waals surface area contributed by atoms with Crippen molar-refractivity contribution in [2.75, 3.05) is 45.8 Å². The molecule has 2 aliphatic heterocycles. The molecule has 2 aliphatic rings. The van der Waals surface area contributed by atoms with Gasteiger partial charge in [-0.15, -0.1) is 11.3 Å². The van der Waals surface area contributed by atoms with Crippen LogP contribution < -0.4 is 0 Å². The summed E-state index contributed by atoms with van der Waals surface area (Å²) in [6.07, 6.45) is 5.51. The van der Waals surface area contributed by atoms with Gasteiger partial charge in [-0.05, 0) is 29.9 Å². The normalized spacial score (nSPS) is 19.8. The first-order chi connectivity index (χ1) is 15.0. The van der Waals surface area contributed by atoms with Crippen LogP contribution in [0.5, 0.6) is 0 Å². The van der Waals surface area contributed by atoms with Crippen LogP contribution in [0.25, 0.3) is 6.08 Å². The highest BCUT2D eigenvalue weighted by atomic mass is 32.2. The summed E-state index contributed by atoms with van der Waals surface area (Å²) in [5.74, 6) is 0.118. The third kappa shape index (κ3) is 5.44. The topological polar surface area (TPSA) is 60.9 Å². The molecule has 166 valence electrons. The lowest BCUT2D eigenvalue weighted by Crippen LogP contribution is -2.51. The number of carbonyl (C=O) groups is 1. The van der Waals surface area contributed by atoms with Gasteiger partial charge < -0.3 is 4.90 Å². The Kier molecular flexibility index (Phi) is 7.22. The smallest absolute Gasteiger partial charge is 0.252 e. The van der Waals surface area contributed by atoms with Gasteiger partial charge >= 0.3 is 0 Å². The summed E-state index contributed by atoms with van der Waals surface area (Å²) in [5.41, 5.74) is 1.20. The molecule has 2 fully saturated rings. The second-order valence-electron chi connectivity index (χ2n) is 8.05. The fourth-order valence-corrected chi connectivity index (χ4v) is 6.81. The minimum Gasteiger partial charge on any atom is -0.340 e. The molecule has 0 spiro atoms. The molecule has 3 heterocycles. The van der Waals surface area contributed by atoms with Crippen molar-refractivity contribution < 1.29 is 13.2 Å². The molecule has 31 heavy (non-hydrogen) atoms. The maximum Gasteiger partial charge on any atom is 0.252 e. The van der Waals surface area contributed by atoms with Crippen molar-refractivity contribution >= 4 is 33.3 Å². The van der Waals surface area contributed by atoms with Crippen molar-refractivity contribution in [3.63, 3.8) is 0 Å². The third-order valence-electron chi connectivity index (χ3n) is 6.05. The first-order valence-electron chi connectivity index (χ1n) is 10.8. The van der Waals surface area contributed by atoms with Crippen molar-refractivity contribution in [3.8, 4) is 0 Å². The molecule has 6 nitrogen and oxygen atoms in total. The molecule has 8 heteroatoms. The number of piperidine rings is 1. The molecule has 0 radical (unpaired) electrons. The Labute approximate surface area is 188 Å². The molecule has 4 rings (SSSR count). The average molecular weight is 460 g/mol. The largest absolute Gasteiger partial charge is 0.340 e. The van der Waals surface area contributed by atoms with E-state index < -0.39 is 10.0 Å². The van der Waals surface area contributed by atoms with E-state index in [4.69, 9.17) is 0 Å². The lowest BCUT2D eigenvalue weighted by molar-refractivity contribution is -0.138. The minimum absolute atomic E-state index is 0.0701. The summed E-state index contributed by atoms with van der Waals surface area (Å²) in [5, 5.41) is 1.78. The van der Waals surface area contributed by atoms with Gasteiger partial charge in [0.1, 0.15) is 4.21 Å². The number of amides is 1. The highest BCUT2D eigenvalue weighted by Crippen LogP contribution is 2.27. The highest BCUT2D eigenvalue weighted by molar-refractivity contribution is 7.91. The van der Waals surface area contributed by atoms with Crippen LogP contribution in [0.4, 0.5) is 0 Å². The monoisotopic (exact) mass is 459 g/mol. The standard InChI is InChI=1S/C23H29N3O3S2/c27-23(21-10-13-26(14-11-21)31(28,29)22-9-5-19-30-22)25-17-15-24(16-18-25)12-4-8-20-6-2-1-3-7-20/h1-9,19,21H,10-18H2. The predicted molar refractivity (Wildman–Crippen MR) is 124 cm³/mol. The Balaban J connectivity index is 1.22. The lowest BCUT2D eigenvalue weighted by Gasteiger charge is -2.38. The zero-order valence-corrected chi connectivity index (χ0v) is 19.2. The van der Waals surface area contributed by atoms with Gasteiger partial charge in [-0.3, -0.25) is 9.69 Å². The molecule has 0 saturated carbocycles. The summed E-state index contributed by atoms with van der Waals surface area (Å²) < 4.78 is 27.3. The molecule has 1 aromatic carbocycles. The molecule has 0 N–H and O–H groups in total. The maximum atomic E-state index is 13.0. The van der Waals surface area contributed by atoms with Crippen molar-refractivity contribution in [1.82, 2.24) is 14.1 Å². The van der Waals surface area contributed by atoms with Crippen molar-refractivity contribution in [3.05, 3.63) is 59.5 Å². The fourth-order valence-electron chi connectivity index (χ4n) is 4.19. The molecule has 0 unspecified atom stereocenters. The Morgan fingerprint density at radius 3 is 2.32 bits per heavy atom. The number of hydrogen-bond donors (Lipinski definition) is 0. The van der Waals surface area contributed by atoms with Gasteiger partial charge in [0.05, 0.1) is 0 Å². The van der Waals surface area contributed by atoms with Gasteiger partial charge in [0.25, 0.3) is 10.0 Å². The van der Waals surface area contributed by atoms with Crippen LogP contribution in [0.2, 0.25) is 0 Å². The van der Waals surface area contributed by atoms with Gasteiger partial charge in [-0.25, -0.2) is 8.42 Å². The van der Waals surface area contributed by atoms with Crippen LogP contribution in [-0.2, 0) is 14.8 Å². The number of piperazine rings is 1. The first-order valence-corrected chi connectivity index (χ1v) is 13.1. The van der Waals surface area contributed by atoms with E-state index in [9.17, 15) is 13.2 Å². The van der Waals surface area contributed by atoms with Crippen LogP contribution in [0.1, 0.15) is 18.4 Å². The van der Waals surface area contributed by atoms with E-state index in [0.29, 0.717) is 30.1 Å². The van der Waals surface area contributed by atoms with Crippen molar-refractivity contribution in [1.29, 1.82) is 0 Å². The van der Waals surface area contributed by atoms with E-state index in [0.717, 1.165) is 32.7 Å². The second-order valence-corrected chi connectivity index (χ2v) is 11.2.